The number of aliphatic carboxylic acids is 1. The number of carboxylic acid groups (broad SMARTS) is 1. The molecule has 1 fully saturated rings. The number of thiazole rings is 1. The molecular formula is C23H25FN4O3S. The van der Waals surface area contributed by atoms with Crippen molar-refractivity contribution in [2.24, 2.45) is 11.8 Å². The van der Waals surface area contributed by atoms with E-state index in [0.29, 0.717) is 30.2 Å². The molecule has 3 aromatic rings. The fourth-order valence-electron chi connectivity index (χ4n) is 4.28. The van der Waals surface area contributed by atoms with Crippen LogP contribution in [-0.2, 0) is 10.4 Å². The third kappa shape index (κ3) is 4.49. The SMILES string of the molecule is Cc1cc(Nc2ncc(F)c(C)n2)cc(-c2cnc([C@]3(O)CC[C@@H](C(=O)O)[C@@H](C)C3)s2)c1. The largest absolute Gasteiger partial charge is 0.481 e. The fourth-order valence-corrected chi connectivity index (χ4v) is 5.31. The van der Waals surface area contributed by atoms with Gasteiger partial charge in [-0.15, -0.1) is 11.3 Å². The van der Waals surface area contributed by atoms with Crippen molar-refractivity contribution in [2.45, 2.75) is 45.6 Å². The summed E-state index contributed by atoms with van der Waals surface area (Å²) in [5, 5.41) is 24.3. The second kappa shape index (κ2) is 8.55. The number of nitrogens with zero attached hydrogens (tertiary/aromatic N) is 3. The highest BCUT2D eigenvalue weighted by Crippen LogP contribution is 2.45. The summed E-state index contributed by atoms with van der Waals surface area (Å²) in [6.45, 7) is 5.42. The number of nitrogens with one attached hydrogen (secondary N) is 1. The number of aromatic nitrogens is 3. The molecule has 0 aliphatic heterocycles. The number of anilines is 2. The van der Waals surface area contributed by atoms with Crippen LogP contribution in [0.4, 0.5) is 16.0 Å². The molecule has 3 N–H and O–H groups in total. The van der Waals surface area contributed by atoms with E-state index in [1.165, 1.54) is 11.3 Å². The van der Waals surface area contributed by atoms with Crippen LogP contribution in [0.1, 0.15) is 42.5 Å². The predicted octanol–water partition coefficient (Wildman–Crippen LogP) is 4.81. The van der Waals surface area contributed by atoms with Gasteiger partial charge in [-0.3, -0.25) is 4.79 Å². The monoisotopic (exact) mass is 456 g/mol. The summed E-state index contributed by atoms with van der Waals surface area (Å²) in [7, 11) is 0. The molecule has 2 aromatic heterocycles. The summed E-state index contributed by atoms with van der Waals surface area (Å²) in [4.78, 5) is 24.9. The molecule has 3 atom stereocenters. The number of carboxylic acids is 1. The van der Waals surface area contributed by atoms with Gasteiger partial charge in [-0.2, -0.15) is 0 Å². The van der Waals surface area contributed by atoms with Crippen molar-refractivity contribution in [3.8, 4) is 10.4 Å². The van der Waals surface area contributed by atoms with Crippen molar-refractivity contribution in [3.63, 3.8) is 0 Å². The lowest BCUT2D eigenvalue weighted by Gasteiger charge is -2.37. The Morgan fingerprint density at radius 1 is 1.25 bits per heavy atom. The Bertz CT molecular complexity index is 1170. The van der Waals surface area contributed by atoms with Crippen LogP contribution in [0.5, 0.6) is 0 Å². The number of halogens is 1. The second-order valence-corrected chi connectivity index (χ2v) is 9.60. The van der Waals surface area contributed by atoms with E-state index in [-0.39, 0.29) is 11.6 Å². The quantitative estimate of drug-likeness (QED) is 0.506. The third-order valence-corrected chi connectivity index (χ3v) is 7.21. The first-order chi connectivity index (χ1) is 15.1. The van der Waals surface area contributed by atoms with Gasteiger partial charge in [0.2, 0.25) is 5.95 Å². The maximum atomic E-state index is 13.5. The van der Waals surface area contributed by atoms with Gasteiger partial charge >= 0.3 is 5.97 Å². The van der Waals surface area contributed by atoms with Crippen LogP contribution in [0.3, 0.4) is 0 Å². The van der Waals surface area contributed by atoms with E-state index >= 15 is 0 Å². The minimum absolute atomic E-state index is 0.132. The molecule has 168 valence electrons. The first-order valence-corrected chi connectivity index (χ1v) is 11.3. The Labute approximate surface area is 189 Å². The second-order valence-electron chi connectivity index (χ2n) is 8.57. The van der Waals surface area contributed by atoms with E-state index < -0.39 is 23.3 Å². The summed E-state index contributed by atoms with van der Waals surface area (Å²) >= 11 is 1.41. The summed E-state index contributed by atoms with van der Waals surface area (Å²) < 4.78 is 13.5. The highest BCUT2D eigenvalue weighted by atomic mass is 32.1. The third-order valence-electron chi connectivity index (χ3n) is 5.97. The lowest BCUT2D eigenvalue weighted by molar-refractivity contribution is -0.148. The van der Waals surface area contributed by atoms with Crippen LogP contribution >= 0.6 is 11.3 Å². The first kappa shape index (κ1) is 22.3. The van der Waals surface area contributed by atoms with Crippen LogP contribution in [-0.4, -0.2) is 31.1 Å². The summed E-state index contributed by atoms with van der Waals surface area (Å²) in [5.74, 6) is -1.52. The number of hydrogen-bond donors (Lipinski definition) is 3. The smallest absolute Gasteiger partial charge is 0.306 e. The molecule has 7 nitrogen and oxygen atoms in total. The van der Waals surface area contributed by atoms with Crippen molar-refractivity contribution in [1.29, 1.82) is 0 Å². The molecule has 0 spiro atoms. The predicted molar refractivity (Wildman–Crippen MR) is 120 cm³/mol. The van der Waals surface area contributed by atoms with E-state index in [1.807, 2.05) is 32.0 Å². The Hall–Kier alpha value is -2.91. The topological polar surface area (TPSA) is 108 Å². The molecule has 2 heterocycles. The molecule has 1 aliphatic rings. The first-order valence-electron chi connectivity index (χ1n) is 10.4. The van der Waals surface area contributed by atoms with Gasteiger partial charge in [0.05, 0.1) is 22.7 Å². The van der Waals surface area contributed by atoms with Gasteiger partial charge in [-0.05, 0) is 62.3 Å². The van der Waals surface area contributed by atoms with Crippen LogP contribution in [0.25, 0.3) is 10.4 Å². The van der Waals surface area contributed by atoms with Crippen molar-refractivity contribution in [3.05, 3.63) is 52.7 Å². The average molecular weight is 457 g/mol. The van der Waals surface area contributed by atoms with Crippen LogP contribution in [0.15, 0.2) is 30.6 Å². The molecule has 0 bridgehead atoms. The number of rotatable bonds is 5. The Morgan fingerprint density at radius 3 is 2.72 bits per heavy atom. The van der Waals surface area contributed by atoms with Gasteiger partial charge in [-0.1, -0.05) is 13.0 Å². The van der Waals surface area contributed by atoms with E-state index in [4.69, 9.17) is 0 Å². The molecular weight excluding hydrogens is 431 g/mol. The number of aryl methyl sites for hydroxylation is 2. The molecule has 32 heavy (non-hydrogen) atoms. The van der Waals surface area contributed by atoms with Crippen molar-refractivity contribution in [2.75, 3.05) is 5.32 Å². The molecule has 0 saturated heterocycles. The van der Waals surface area contributed by atoms with E-state index in [9.17, 15) is 19.4 Å². The average Bonchev–Trinajstić information content (AvgIpc) is 3.21. The van der Waals surface area contributed by atoms with Gasteiger partial charge in [0.25, 0.3) is 0 Å². The summed E-state index contributed by atoms with van der Waals surface area (Å²) in [5.41, 5.74) is 1.84. The molecule has 9 heteroatoms. The van der Waals surface area contributed by atoms with Crippen LogP contribution < -0.4 is 5.32 Å². The Balaban J connectivity index is 1.57. The number of aliphatic hydroxyl groups is 1. The zero-order valence-corrected chi connectivity index (χ0v) is 18.9. The maximum Gasteiger partial charge on any atom is 0.306 e. The molecule has 1 saturated carbocycles. The van der Waals surface area contributed by atoms with Crippen LogP contribution in [0.2, 0.25) is 0 Å². The zero-order valence-electron chi connectivity index (χ0n) is 18.1. The summed E-state index contributed by atoms with van der Waals surface area (Å²) in [6.07, 6.45) is 4.06. The van der Waals surface area contributed by atoms with Gasteiger partial charge < -0.3 is 15.5 Å². The lowest BCUT2D eigenvalue weighted by Crippen LogP contribution is -2.38. The lowest BCUT2D eigenvalue weighted by atomic mass is 9.72. The standard InChI is InChI=1S/C23H25FN4O3S/c1-12-6-15(8-16(7-12)28-22-26-10-18(24)14(3)27-22)19-11-25-21(32-19)23(31)5-4-17(20(29)30)13(2)9-23/h6-8,10-11,13,17,31H,4-5,9H2,1-3H3,(H,29,30)(H,26,27,28)/t13-,17+,23-/m0/s1. The maximum absolute atomic E-state index is 13.5. The molecule has 4 rings (SSSR count). The van der Waals surface area contributed by atoms with Gasteiger partial charge in [0.15, 0.2) is 5.82 Å². The van der Waals surface area contributed by atoms with E-state index in [2.05, 4.69) is 20.3 Å². The van der Waals surface area contributed by atoms with Gasteiger partial charge in [0, 0.05) is 11.9 Å². The molecule has 0 amide bonds. The molecule has 1 aromatic carbocycles. The summed E-state index contributed by atoms with van der Waals surface area (Å²) in [6, 6.07) is 5.89. The number of carbonyl (C=O) groups is 1. The van der Waals surface area contributed by atoms with Gasteiger partial charge in [-0.25, -0.2) is 19.3 Å². The molecule has 0 radical (unpaired) electrons. The highest BCUT2D eigenvalue weighted by molar-refractivity contribution is 7.15. The Morgan fingerprint density at radius 2 is 2.03 bits per heavy atom. The number of benzene rings is 1. The minimum Gasteiger partial charge on any atom is -0.481 e. The van der Waals surface area contributed by atoms with E-state index in [1.54, 1.807) is 13.1 Å². The van der Waals surface area contributed by atoms with Gasteiger partial charge in [0.1, 0.15) is 10.6 Å². The van der Waals surface area contributed by atoms with Crippen molar-refractivity contribution >= 4 is 28.9 Å². The van der Waals surface area contributed by atoms with Crippen molar-refractivity contribution in [1.82, 2.24) is 15.0 Å². The van der Waals surface area contributed by atoms with Crippen LogP contribution in [0, 0.1) is 31.5 Å². The fraction of sp³-hybridized carbons (Fsp3) is 0.391. The van der Waals surface area contributed by atoms with E-state index in [0.717, 1.165) is 27.9 Å². The Kier molecular flexibility index (Phi) is 5.96. The normalized spacial score (nSPS) is 23.2. The zero-order chi connectivity index (χ0) is 23.0. The highest BCUT2D eigenvalue weighted by Gasteiger charge is 2.43. The minimum atomic E-state index is -1.11. The van der Waals surface area contributed by atoms with Crippen molar-refractivity contribution < 1.29 is 19.4 Å². The molecule has 0 unspecified atom stereocenters. The molecule has 1 aliphatic carbocycles. The number of hydrogen-bond acceptors (Lipinski definition) is 7.